The van der Waals surface area contributed by atoms with Gasteiger partial charge in [-0.3, -0.25) is 0 Å². The second-order valence-corrected chi connectivity index (χ2v) is 9.32. The highest BCUT2D eigenvalue weighted by molar-refractivity contribution is 5.76. The molecule has 0 N–H and O–H groups in total. The average Bonchev–Trinajstić information content (AvgIpc) is 3.10. The van der Waals surface area contributed by atoms with Gasteiger partial charge in [0.05, 0.1) is 11.0 Å². The molecule has 1 atom stereocenters. The summed E-state index contributed by atoms with van der Waals surface area (Å²) in [5.74, 6) is 1.87. The molecule has 0 aliphatic carbocycles. The van der Waals surface area contributed by atoms with Gasteiger partial charge >= 0.3 is 0 Å². The lowest BCUT2D eigenvalue weighted by molar-refractivity contribution is 0.187. The van der Waals surface area contributed by atoms with E-state index in [9.17, 15) is 0 Å². The quantitative estimate of drug-likeness (QED) is 0.334. The summed E-state index contributed by atoms with van der Waals surface area (Å²) in [7, 11) is 0. The lowest BCUT2D eigenvalue weighted by Gasteiger charge is -2.21. The Morgan fingerprint density at radius 3 is 2.35 bits per heavy atom. The van der Waals surface area contributed by atoms with E-state index in [1.165, 1.54) is 16.7 Å². The predicted octanol–water partition coefficient (Wildman–Crippen LogP) is 7.22. The van der Waals surface area contributed by atoms with Gasteiger partial charge < -0.3 is 9.30 Å². The maximum Gasteiger partial charge on any atom is 0.156 e. The molecule has 3 heteroatoms. The number of hydrogen-bond donors (Lipinski definition) is 0. The molecular formula is C28H32N2O. The third-order valence-electron chi connectivity index (χ3n) is 5.77. The molecule has 0 fully saturated rings. The number of nitrogens with zero attached hydrogens (tertiary/aromatic N) is 2. The van der Waals surface area contributed by atoms with E-state index < -0.39 is 0 Å². The fraction of sp³-hybridized carbons (Fsp3) is 0.321. The maximum absolute atomic E-state index is 6.42. The Bertz CT molecular complexity index is 1170. The Kier molecular flexibility index (Phi) is 5.86. The van der Waals surface area contributed by atoms with Crippen LogP contribution in [0.25, 0.3) is 11.0 Å². The molecule has 3 nitrogen and oxygen atoms in total. The van der Waals surface area contributed by atoms with Gasteiger partial charge in [0.1, 0.15) is 5.75 Å². The van der Waals surface area contributed by atoms with Crippen LogP contribution < -0.4 is 4.74 Å². The smallest absolute Gasteiger partial charge is 0.156 e. The van der Waals surface area contributed by atoms with Crippen molar-refractivity contribution in [1.29, 1.82) is 0 Å². The number of ether oxygens (including phenoxy) is 1. The highest BCUT2D eigenvalue weighted by Crippen LogP contribution is 2.29. The zero-order chi connectivity index (χ0) is 22.0. The molecule has 3 aromatic carbocycles. The lowest BCUT2D eigenvalue weighted by atomic mass is 9.87. The van der Waals surface area contributed by atoms with Gasteiger partial charge in [-0.1, -0.05) is 76.2 Å². The maximum atomic E-state index is 6.42. The van der Waals surface area contributed by atoms with Crippen LogP contribution in [0.15, 0.2) is 72.8 Å². The summed E-state index contributed by atoms with van der Waals surface area (Å²) in [4.78, 5) is 4.99. The third kappa shape index (κ3) is 4.66. The summed E-state index contributed by atoms with van der Waals surface area (Å²) in [5.41, 5.74) is 6.11. The van der Waals surface area contributed by atoms with Crippen molar-refractivity contribution in [3.8, 4) is 5.75 Å². The van der Waals surface area contributed by atoms with Crippen molar-refractivity contribution in [3.63, 3.8) is 0 Å². The van der Waals surface area contributed by atoms with Crippen LogP contribution in [-0.4, -0.2) is 9.55 Å². The van der Waals surface area contributed by atoms with Crippen molar-refractivity contribution in [2.24, 2.45) is 0 Å². The van der Waals surface area contributed by atoms with Crippen LogP contribution in [0.5, 0.6) is 5.75 Å². The summed E-state index contributed by atoms with van der Waals surface area (Å²) in [6.07, 6.45) is 0.739. The molecule has 0 radical (unpaired) electrons. The first-order valence-corrected chi connectivity index (χ1v) is 11.1. The molecule has 4 rings (SSSR count). The van der Waals surface area contributed by atoms with Crippen molar-refractivity contribution < 1.29 is 4.74 Å². The van der Waals surface area contributed by atoms with E-state index in [2.05, 4.69) is 93.8 Å². The molecule has 31 heavy (non-hydrogen) atoms. The number of rotatable bonds is 6. The molecule has 0 saturated carbocycles. The average molecular weight is 413 g/mol. The fourth-order valence-corrected chi connectivity index (χ4v) is 3.97. The van der Waals surface area contributed by atoms with E-state index in [-0.39, 0.29) is 11.5 Å². The van der Waals surface area contributed by atoms with E-state index in [0.29, 0.717) is 0 Å². The topological polar surface area (TPSA) is 27.1 Å². The minimum Gasteiger partial charge on any atom is -0.483 e. The highest BCUT2D eigenvalue weighted by atomic mass is 16.5. The first kappa shape index (κ1) is 21.2. The zero-order valence-corrected chi connectivity index (χ0v) is 19.2. The van der Waals surface area contributed by atoms with Crippen LogP contribution in [0.4, 0.5) is 0 Å². The van der Waals surface area contributed by atoms with Gasteiger partial charge in [-0.05, 0) is 59.7 Å². The first-order chi connectivity index (χ1) is 14.8. The summed E-state index contributed by atoms with van der Waals surface area (Å²) in [5, 5.41) is 0. The monoisotopic (exact) mass is 412 g/mol. The largest absolute Gasteiger partial charge is 0.483 e. The molecule has 1 heterocycles. The number of para-hydroxylation sites is 2. The van der Waals surface area contributed by atoms with Gasteiger partial charge in [0.25, 0.3) is 0 Å². The van der Waals surface area contributed by atoms with Crippen LogP contribution in [0.3, 0.4) is 0 Å². The Morgan fingerprint density at radius 1 is 0.935 bits per heavy atom. The normalized spacial score (nSPS) is 12.8. The number of fused-ring (bicyclic) bond motifs is 1. The van der Waals surface area contributed by atoms with Crippen molar-refractivity contribution in [2.45, 2.75) is 59.1 Å². The standard InChI is InChI=1S/C28H32N2O/c1-6-26(31-23-11-9-10-20(2)18-23)27-29-24-12-7-8-13-25(24)30(27)19-21-14-16-22(17-15-21)28(3,4)5/h7-18,26H,6,19H2,1-5H3. The van der Waals surface area contributed by atoms with E-state index in [1.54, 1.807) is 0 Å². The van der Waals surface area contributed by atoms with Crippen molar-refractivity contribution in [1.82, 2.24) is 9.55 Å². The molecule has 1 aromatic heterocycles. The minimum absolute atomic E-state index is 0.108. The molecule has 0 saturated heterocycles. The van der Waals surface area contributed by atoms with Crippen LogP contribution in [0, 0.1) is 6.92 Å². The molecule has 0 aliphatic rings. The van der Waals surface area contributed by atoms with Gasteiger partial charge in [-0.15, -0.1) is 0 Å². The third-order valence-corrected chi connectivity index (χ3v) is 5.77. The number of hydrogen-bond acceptors (Lipinski definition) is 2. The Balaban J connectivity index is 1.71. The summed E-state index contributed by atoms with van der Waals surface area (Å²) in [6, 6.07) is 25.5. The van der Waals surface area contributed by atoms with Crippen LogP contribution in [0.2, 0.25) is 0 Å². The van der Waals surface area contributed by atoms with Gasteiger partial charge in [-0.2, -0.15) is 0 Å². The van der Waals surface area contributed by atoms with Crippen molar-refractivity contribution in [2.75, 3.05) is 0 Å². The molecule has 160 valence electrons. The van der Waals surface area contributed by atoms with Gasteiger partial charge in [0.15, 0.2) is 11.9 Å². The number of imidazole rings is 1. The van der Waals surface area contributed by atoms with Crippen molar-refractivity contribution >= 4 is 11.0 Å². The van der Waals surface area contributed by atoms with Gasteiger partial charge in [0.2, 0.25) is 0 Å². The minimum atomic E-state index is -0.108. The molecule has 0 amide bonds. The van der Waals surface area contributed by atoms with E-state index in [4.69, 9.17) is 9.72 Å². The van der Waals surface area contributed by atoms with Crippen LogP contribution in [-0.2, 0) is 12.0 Å². The Labute approximate surface area is 185 Å². The summed E-state index contributed by atoms with van der Waals surface area (Å²) < 4.78 is 8.73. The summed E-state index contributed by atoms with van der Waals surface area (Å²) >= 11 is 0. The lowest BCUT2D eigenvalue weighted by Crippen LogP contribution is -2.15. The van der Waals surface area contributed by atoms with E-state index in [0.717, 1.165) is 35.6 Å². The Hall–Kier alpha value is -3.07. The first-order valence-electron chi connectivity index (χ1n) is 11.1. The Morgan fingerprint density at radius 2 is 1.68 bits per heavy atom. The SMILES string of the molecule is CCC(Oc1cccc(C)c1)c1nc2ccccc2n1Cc1ccc(C(C)(C)C)cc1. The molecular weight excluding hydrogens is 380 g/mol. The fourth-order valence-electron chi connectivity index (χ4n) is 3.97. The van der Waals surface area contributed by atoms with Crippen LogP contribution in [0.1, 0.15) is 62.7 Å². The molecule has 0 aliphatic heterocycles. The molecule has 1 unspecified atom stereocenters. The summed E-state index contributed by atoms with van der Waals surface area (Å²) in [6.45, 7) is 11.8. The van der Waals surface area contributed by atoms with Crippen molar-refractivity contribution in [3.05, 3.63) is 95.3 Å². The van der Waals surface area contributed by atoms with Gasteiger partial charge in [-0.25, -0.2) is 4.98 Å². The number of benzene rings is 3. The van der Waals surface area contributed by atoms with Gasteiger partial charge in [0, 0.05) is 6.54 Å². The van der Waals surface area contributed by atoms with E-state index in [1.807, 2.05) is 18.2 Å². The predicted molar refractivity (Wildman–Crippen MR) is 129 cm³/mol. The zero-order valence-electron chi connectivity index (χ0n) is 19.2. The number of aromatic nitrogens is 2. The van der Waals surface area contributed by atoms with Crippen LogP contribution >= 0.6 is 0 Å². The molecule has 0 spiro atoms. The molecule has 4 aromatic rings. The highest BCUT2D eigenvalue weighted by Gasteiger charge is 2.21. The number of aryl methyl sites for hydroxylation is 1. The second-order valence-electron chi connectivity index (χ2n) is 9.32. The second kappa shape index (κ2) is 8.58. The van der Waals surface area contributed by atoms with E-state index >= 15 is 0 Å². The molecule has 0 bridgehead atoms.